The average Bonchev–Trinajstić information content (AvgIpc) is 2.48. The van der Waals surface area contributed by atoms with Crippen molar-refractivity contribution in [3.63, 3.8) is 0 Å². The maximum absolute atomic E-state index is 10.9. The molecule has 1 aromatic rings. The number of para-hydroxylation sites is 2. The van der Waals surface area contributed by atoms with E-state index in [1.54, 1.807) is 18.2 Å². The molecule has 1 aliphatic rings. The summed E-state index contributed by atoms with van der Waals surface area (Å²) in [6.07, 6.45) is 4.79. The Morgan fingerprint density at radius 1 is 1.33 bits per heavy atom. The van der Waals surface area contributed by atoms with Crippen molar-refractivity contribution in [3.8, 4) is 0 Å². The van der Waals surface area contributed by atoms with Gasteiger partial charge in [0.2, 0.25) is 0 Å². The Morgan fingerprint density at radius 3 is 2.76 bits per heavy atom. The zero-order chi connectivity index (χ0) is 15.2. The first kappa shape index (κ1) is 15.5. The minimum atomic E-state index is -0.427. The smallest absolute Gasteiger partial charge is 0.294 e. The van der Waals surface area contributed by atoms with Gasteiger partial charge in [0.05, 0.1) is 4.92 Å². The molecule has 3 N–H and O–H groups in total. The van der Waals surface area contributed by atoms with E-state index in [0.29, 0.717) is 22.8 Å². The molecule has 7 heteroatoms. The topological polar surface area (TPSA) is 79.2 Å². The van der Waals surface area contributed by atoms with Crippen molar-refractivity contribution in [2.45, 2.75) is 38.6 Å². The van der Waals surface area contributed by atoms with Crippen LogP contribution in [0.2, 0.25) is 0 Å². The van der Waals surface area contributed by atoms with Crippen molar-refractivity contribution in [3.05, 3.63) is 34.4 Å². The molecule has 2 atom stereocenters. The summed E-state index contributed by atoms with van der Waals surface area (Å²) in [5.74, 6) is 0.588. The lowest BCUT2D eigenvalue weighted by Gasteiger charge is -2.30. The number of nitrogens with one attached hydrogen (secondary N) is 3. The van der Waals surface area contributed by atoms with Gasteiger partial charge in [-0.3, -0.25) is 21.0 Å². The Morgan fingerprint density at radius 2 is 2.05 bits per heavy atom. The first-order valence-electron chi connectivity index (χ1n) is 7.14. The van der Waals surface area contributed by atoms with Crippen LogP contribution >= 0.6 is 12.2 Å². The molecule has 0 bridgehead atoms. The summed E-state index contributed by atoms with van der Waals surface area (Å²) in [4.78, 5) is 10.5. The second-order valence-electron chi connectivity index (χ2n) is 5.37. The number of rotatable bonds is 4. The number of hydrazine groups is 1. The quantitative estimate of drug-likeness (QED) is 0.451. The number of thiocarbonyl (C=S) groups is 1. The van der Waals surface area contributed by atoms with Crippen molar-refractivity contribution in [2.75, 3.05) is 5.43 Å². The Labute approximate surface area is 129 Å². The lowest BCUT2D eigenvalue weighted by molar-refractivity contribution is -0.384. The summed E-state index contributed by atoms with van der Waals surface area (Å²) < 4.78 is 0. The minimum absolute atomic E-state index is 0.0128. The molecule has 1 saturated carbocycles. The van der Waals surface area contributed by atoms with E-state index in [1.807, 2.05) is 0 Å². The summed E-state index contributed by atoms with van der Waals surface area (Å²) in [5.41, 5.74) is 6.04. The molecular weight excluding hydrogens is 288 g/mol. The SMILES string of the molecule is C[C@H]1CCCC[C@@H]1NC(=S)NNc1ccccc1[N+](=O)[O-]. The normalized spacial score (nSPS) is 21.4. The Hall–Kier alpha value is -1.89. The molecular formula is C14H20N4O2S. The Bertz CT molecular complexity index is 523. The molecule has 0 amide bonds. The molecule has 0 saturated heterocycles. The van der Waals surface area contributed by atoms with Gasteiger partial charge in [-0.1, -0.05) is 31.9 Å². The predicted molar refractivity (Wildman–Crippen MR) is 87.0 cm³/mol. The Balaban J connectivity index is 1.88. The van der Waals surface area contributed by atoms with Crippen molar-refractivity contribution in [1.82, 2.24) is 10.7 Å². The lowest BCUT2D eigenvalue weighted by Crippen LogP contribution is -2.47. The molecule has 1 aromatic carbocycles. The lowest BCUT2D eigenvalue weighted by atomic mass is 9.86. The fourth-order valence-electron chi connectivity index (χ4n) is 2.60. The van der Waals surface area contributed by atoms with Gasteiger partial charge in [0.1, 0.15) is 5.69 Å². The zero-order valence-corrected chi connectivity index (χ0v) is 12.8. The van der Waals surface area contributed by atoms with Gasteiger partial charge >= 0.3 is 0 Å². The highest BCUT2D eigenvalue weighted by Gasteiger charge is 2.21. The highest BCUT2D eigenvalue weighted by atomic mass is 32.1. The van der Waals surface area contributed by atoms with Gasteiger partial charge in [-0.05, 0) is 37.0 Å². The van der Waals surface area contributed by atoms with Crippen LogP contribution in [0.5, 0.6) is 0 Å². The van der Waals surface area contributed by atoms with Crippen LogP contribution in [0.15, 0.2) is 24.3 Å². The summed E-state index contributed by atoms with van der Waals surface area (Å²) in [6, 6.07) is 6.81. The monoisotopic (exact) mass is 308 g/mol. The first-order chi connectivity index (χ1) is 10.1. The molecule has 6 nitrogen and oxygen atoms in total. The van der Waals surface area contributed by atoms with E-state index in [4.69, 9.17) is 12.2 Å². The fourth-order valence-corrected chi connectivity index (χ4v) is 2.80. The number of nitro groups is 1. The number of anilines is 1. The standard InChI is InChI=1S/C14H20N4O2S/c1-10-6-2-3-7-11(10)15-14(21)17-16-12-8-4-5-9-13(12)18(19)20/h4-5,8-11,16H,2-3,6-7H2,1H3,(H2,15,17,21)/t10-,11-/m0/s1. The van der Waals surface area contributed by atoms with E-state index < -0.39 is 4.92 Å². The van der Waals surface area contributed by atoms with Crippen LogP contribution in [0.4, 0.5) is 11.4 Å². The number of nitro benzene ring substituents is 1. The fraction of sp³-hybridized carbons (Fsp3) is 0.500. The third kappa shape index (κ3) is 4.29. The number of hydrogen-bond acceptors (Lipinski definition) is 4. The van der Waals surface area contributed by atoms with Crippen molar-refractivity contribution < 1.29 is 4.92 Å². The number of nitrogens with zero attached hydrogens (tertiary/aromatic N) is 1. The van der Waals surface area contributed by atoms with Crippen LogP contribution in [0.25, 0.3) is 0 Å². The molecule has 0 aliphatic heterocycles. The van der Waals surface area contributed by atoms with E-state index in [1.165, 1.54) is 25.3 Å². The molecule has 114 valence electrons. The number of benzene rings is 1. The Kier molecular flexibility index (Phi) is 5.32. The number of hydrogen-bond donors (Lipinski definition) is 3. The molecule has 21 heavy (non-hydrogen) atoms. The van der Waals surface area contributed by atoms with Gasteiger partial charge < -0.3 is 5.32 Å². The second-order valence-corrected chi connectivity index (χ2v) is 5.77. The van der Waals surface area contributed by atoms with E-state index in [0.717, 1.165) is 6.42 Å². The van der Waals surface area contributed by atoms with Gasteiger partial charge in [-0.25, -0.2) is 0 Å². The largest absolute Gasteiger partial charge is 0.358 e. The summed E-state index contributed by atoms with van der Waals surface area (Å²) >= 11 is 5.24. The molecule has 0 unspecified atom stereocenters. The molecule has 1 fully saturated rings. The zero-order valence-electron chi connectivity index (χ0n) is 12.0. The van der Waals surface area contributed by atoms with Crippen LogP contribution in [-0.4, -0.2) is 16.1 Å². The molecule has 0 aromatic heterocycles. The molecule has 0 heterocycles. The van der Waals surface area contributed by atoms with Crippen molar-refractivity contribution in [1.29, 1.82) is 0 Å². The van der Waals surface area contributed by atoms with Crippen LogP contribution < -0.4 is 16.2 Å². The van der Waals surface area contributed by atoms with E-state index >= 15 is 0 Å². The average molecular weight is 308 g/mol. The van der Waals surface area contributed by atoms with Crippen molar-refractivity contribution in [2.24, 2.45) is 5.92 Å². The molecule has 1 aliphatic carbocycles. The van der Waals surface area contributed by atoms with Gasteiger partial charge in [0, 0.05) is 12.1 Å². The minimum Gasteiger partial charge on any atom is -0.358 e. The van der Waals surface area contributed by atoms with Crippen molar-refractivity contribution >= 4 is 28.7 Å². The van der Waals surface area contributed by atoms with Gasteiger partial charge in [0.15, 0.2) is 5.11 Å². The highest BCUT2D eigenvalue weighted by Crippen LogP contribution is 2.24. The first-order valence-corrected chi connectivity index (χ1v) is 7.54. The van der Waals surface area contributed by atoms with E-state index in [-0.39, 0.29) is 5.69 Å². The molecule has 0 spiro atoms. The molecule has 0 radical (unpaired) electrons. The van der Waals surface area contributed by atoms with Gasteiger partial charge in [0.25, 0.3) is 5.69 Å². The summed E-state index contributed by atoms with van der Waals surface area (Å²) in [6.45, 7) is 2.22. The van der Waals surface area contributed by atoms with E-state index in [2.05, 4.69) is 23.1 Å². The highest BCUT2D eigenvalue weighted by molar-refractivity contribution is 7.80. The predicted octanol–water partition coefficient (Wildman–Crippen LogP) is 2.96. The second kappa shape index (κ2) is 7.21. The summed E-state index contributed by atoms with van der Waals surface area (Å²) in [7, 11) is 0. The third-order valence-electron chi connectivity index (χ3n) is 3.84. The van der Waals surface area contributed by atoms with Crippen LogP contribution in [0, 0.1) is 16.0 Å². The van der Waals surface area contributed by atoms with Crippen LogP contribution in [0.3, 0.4) is 0 Å². The third-order valence-corrected chi connectivity index (χ3v) is 4.06. The summed E-state index contributed by atoms with van der Waals surface area (Å²) in [5, 5.41) is 14.7. The van der Waals surface area contributed by atoms with Gasteiger partial charge in [-0.2, -0.15) is 0 Å². The van der Waals surface area contributed by atoms with Gasteiger partial charge in [-0.15, -0.1) is 0 Å². The van der Waals surface area contributed by atoms with Crippen LogP contribution in [0.1, 0.15) is 32.6 Å². The van der Waals surface area contributed by atoms with E-state index in [9.17, 15) is 10.1 Å². The van der Waals surface area contributed by atoms with Crippen LogP contribution in [-0.2, 0) is 0 Å². The molecule has 2 rings (SSSR count). The maximum Gasteiger partial charge on any atom is 0.294 e. The maximum atomic E-state index is 10.9.